The highest BCUT2D eigenvalue weighted by Gasteiger charge is 1.99. The molecule has 0 amide bonds. The Hall–Kier alpha value is -0.930. The summed E-state index contributed by atoms with van der Waals surface area (Å²) in [7, 11) is 4.08. The van der Waals surface area contributed by atoms with Crippen LogP contribution in [0.3, 0.4) is 0 Å². The van der Waals surface area contributed by atoms with E-state index in [1.807, 2.05) is 13.2 Å². The van der Waals surface area contributed by atoms with Crippen LogP contribution < -0.4 is 5.32 Å². The van der Waals surface area contributed by atoms with Crippen LogP contribution in [0.25, 0.3) is 0 Å². The Morgan fingerprint density at radius 3 is 2.79 bits per heavy atom. The van der Waals surface area contributed by atoms with Crippen molar-refractivity contribution < 1.29 is 0 Å². The Balaban J connectivity index is 2.39. The molecule has 0 radical (unpaired) electrons. The molecule has 0 spiro atoms. The van der Waals surface area contributed by atoms with E-state index in [1.165, 1.54) is 5.56 Å². The molecule has 1 heterocycles. The van der Waals surface area contributed by atoms with Crippen molar-refractivity contribution >= 4 is 0 Å². The van der Waals surface area contributed by atoms with Gasteiger partial charge in [0.15, 0.2) is 0 Å². The zero-order chi connectivity index (χ0) is 10.4. The third-order valence-electron chi connectivity index (χ3n) is 2.15. The van der Waals surface area contributed by atoms with E-state index in [1.54, 1.807) is 0 Å². The Bertz CT molecular complexity index is 256. The summed E-state index contributed by atoms with van der Waals surface area (Å²) in [5.41, 5.74) is 2.35. The first kappa shape index (κ1) is 11.1. The second kappa shape index (κ2) is 5.73. The van der Waals surface area contributed by atoms with Crippen LogP contribution >= 0.6 is 0 Å². The Morgan fingerprint density at radius 2 is 2.21 bits per heavy atom. The molecule has 0 saturated heterocycles. The largest absolute Gasteiger partial charge is 0.318 e. The van der Waals surface area contributed by atoms with E-state index in [4.69, 9.17) is 0 Å². The fraction of sp³-hybridized carbons (Fsp3) is 0.545. The predicted molar refractivity (Wildman–Crippen MR) is 59.2 cm³/mol. The van der Waals surface area contributed by atoms with Gasteiger partial charge in [-0.3, -0.25) is 9.88 Å². The first-order valence-electron chi connectivity index (χ1n) is 4.97. The Morgan fingerprint density at radius 1 is 1.43 bits per heavy atom. The monoisotopic (exact) mass is 193 g/mol. The lowest BCUT2D eigenvalue weighted by molar-refractivity contribution is 0.324. The smallest absolute Gasteiger partial charge is 0.0544 e. The number of nitrogens with one attached hydrogen (secondary N) is 1. The van der Waals surface area contributed by atoms with Gasteiger partial charge in [0.2, 0.25) is 0 Å². The van der Waals surface area contributed by atoms with Gasteiger partial charge in [0.05, 0.1) is 5.69 Å². The average Bonchev–Trinajstić information content (AvgIpc) is 2.18. The summed E-state index contributed by atoms with van der Waals surface area (Å²) in [5.74, 6) is 0. The average molecular weight is 193 g/mol. The summed E-state index contributed by atoms with van der Waals surface area (Å²) in [6.45, 7) is 5.04. The van der Waals surface area contributed by atoms with Crippen molar-refractivity contribution in [3.63, 3.8) is 0 Å². The van der Waals surface area contributed by atoms with Gasteiger partial charge in [-0.1, -0.05) is 6.07 Å². The van der Waals surface area contributed by atoms with Crippen LogP contribution in [0, 0.1) is 6.92 Å². The maximum Gasteiger partial charge on any atom is 0.0544 e. The van der Waals surface area contributed by atoms with Gasteiger partial charge in [-0.05, 0) is 32.6 Å². The van der Waals surface area contributed by atoms with Crippen molar-refractivity contribution in [2.24, 2.45) is 0 Å². The van der Waals surface area contributed by atoms with Crippen molar-refractivity contribution in [1.82, 2.24) is 15.2 Å². The Kier molecular flexibility index (Phi) is 4.56. The molecule has 14 heavy (non-hydrogen) atoms. The lowest BCUT2D eigenvalue weighted by atomic mass is 10.2. The van der Waals surface area contributed by atoms with Crippen molar-refractivity contribution in [3.05, 3.63) is 29.6 Å². The van der Waals surface area contributed by atoms with Gasteiger partial charge in [-0.25, -0.2) is 0 Å². The van der Waals surface area contributed by atoms with Gasteiger partial charge in [0.25, 0.3) is 0 Å². The predicted octanol–water partition coefficient (Wildman–Crippen LogP) is 1.04. The first-order valence-corrected chi connectivity index (χ1v) is 4.97. The van der Waals surface area contributed by atoms with E-state index in [0.717, 1.165) is 25.3 Å². The van der Waals surface area contributed by atoms with E-state index in [0.29, 0.717) is 0 Å². The lowest BCUT2D eigenvalue weighted by Gasteiger charge is -2.15. The molecule has 0 aliphatic carbocycles. The zero-order valence-electron chi connectivity index (χ0n) is 9.25. The molecule has 0 unspecified atom stereocenters. The number of hydrogen-bond acceptors (Lipinski definition) is 3. The number of nitrogens with zero attached hydrogens (tertiary/aromatic N) is 2. The standard InChI is InChI=1S/C11H19N3/c1-10-4-5-11(13-8-10)9-14(3)7-6-12-2/h4-5,8,12H,6-7,9H2,1-3H3. The maximum absolute atomic E-state index is 4.36. The van der Waals surface area contributed by atoms with Crippen molar-refractivity contribution in [3.8, 4) is 0 Å². The van der Waals surface area contributed by atoms with E-state index in [9.17, 15) is 0 Å². The quantitative estimate of drug-likeness (QED) is 0.757. The number of hydrogen-bond donors (Lipinski definition) is 1. The highest BCUT2D eigenvalue weighted by atomic mass is 15.1. The van der Waals surface area contributed by atoms with Gasteiger partial charge < -0.3 is 5.32 Å². The summed E-state index contributed by atoms with van der Waals surface area (Å²) in [6.07, 6.45) is 1.92. The van der Waals surface area contributed by atoms with Crippen LogP contribution in [0.1, 0.15) is 11.3 Å². The summed E-state index contributed by atoms with van der Waals surface area (Å²) in [5, 5.41) is 3.13. The van der Waals surface area contributed by atoms with Gasteiger partial charge >= 0.3 is 0 Å². The molecule has 1 N–H and O–H groups in total. The minimum Gasteiger partial charge on any atom is -0.318 e. The molecule has 0 atom stereocenters. The third-order valence-corrected chi connectivity index (χ3v) is 2.15. The van der Waals surface area contributed by atoms with Gasteiger partial charge in [0, 0.05) is 25.8 Å². The van der Waals surface area contributed by atoms with Gasteiger partial charge in [-0.2, -0.15) is 0 Å². The lowest BCUT2D eigenvalue weighted by Crippen LogP contribution is -2.27. The number of rotatable bonds is 5. The van der Waals surface area contributed by atoms with Crippen LogP contribution in [0.2, 0.25) is 0 Å². The fourth-order valence-corrected chi connectivity index (χ4v) is 1.25. The first-order chi connectivity index (χ1) is 6.72. The highest BCUT2D eigenvalue weighted by molar-refractivity contribution is 5.11. The molecular weight excluding hydrogens is 174 g/mol. The summed E-state index contributed by atoms with van der Waals surface area (Å²) in [4.78, 5) is 6.62. The topological polar surface area (TPSA) is 28.2 Å². The highest BCUT2D eigenvalue weighted by Crippen LogP contribution is 2.01. The van der Waals surface area contributed by atoms with Crippen LogP contribution in [-0.2, 0) is 6.54 Å². The fourth-order valence-electron chi connectivity index (χ4n) is 1.25. The second-order valence-electron chi connectivity index (χ2n) is 3.67. The molecule has 1 rings (SSSR count). The molecule has 0 bridgehead atoms. The van der Waals surface area contributed by atoms with E-state index in [2.05, 4.69) is 41.3 Å². The molecular formula is C11H19N3. The summed E-state index contributed by atoms with van der Waals surface area (Å²) in [6, 6.07) is 4.19. The Labute approximate surface area is 86.2 Å². The van der Waals surface area contributed by atoms with Crippen molar-refractivity contribution in [2.75, 3.05) is 27.2 Å². The molecule has 0 aliphatic rings. The van der Waals surface area contributed by atoms with Gasteiger partial charge in [-0.15, -0.1) is 0 Å². The second-order valence-corrected chi connectivity index (χ2v) is 3.67. The van der Waals surface area contributed by atoms with E-state index < -0.39 is 0 Å². The molecule has 0 aromatic carbocycles. The van der Waals surface area contributed by atoms with Crippen LogP contribution in [0.4, 0.5) is 0 Å². The molecule has 0 saturated carbocycles. The molecule has 1 aromatic heterocycles. The number of aromatic nitrogens is 1. The number of pyridine rings is 1. The summed E-state index contributed by atoms with van der Waals surface area (Å²) >= 11 is 0. The number of likely N-dealkylation sites (N-methyl/N-ethyl adjacent to an activating group) is 2. The maximum atomic E-state index is 4.36. The third kappa shape index (κ3) is 3.85. The van der Waals surface area contributed by atoms with E-state index >= 15 is 0 Å². The molecule has 0 aliphatic heterocycles. The van der Waals surface area contributed by atoms with Crippen molar-refractivity contribution in [2.45, 2.75) is 13.5 Å². The minimum absolute atomic E-state index is 0.919. The molecule has 0 fully saturated rings. The van der Waals surface area contributed by atoms with Crippen LogP contribution in [0.5, 0.6) is 0 Å². The molecule has 1 aromatic rings. The van der Waals surface area contributed by atoms with Crippen LogP contribution in [0.15, 0.2) is 18.3 Å². The molecule has 3 heteroatoms. The zero-order valence-corrected chi connectivity index (χ0v) is 9.25. The molecule has 78 valence electrons. The van der Waals surface area contributed by atoms with Gasteiger partial charge in [0.1, 0.15) is 0 Å². The summed E-state index contributed by atoms with van der Waals surface area (Å²) < 4.78 is 0. The van der Waals surface area contributed by atoms with Crippen LogP contribution in [-0.4, -0.2) is 37.1 Å². The number of aryl methyl sites for hydroxylation is 1. The van der Waals surface area contributed by atoms with E-state index in [-0.39, 0.29) is 0 Å². The normalized spacial score (nSPS) is 10.9. The minimum atomic E-state index is 0.919. The SMILES string of the molecule is CNCCN(C)Cc1ccc(C)cn1. The molecule has 3 nitrogen and oxygen atoms in total. The van der Waals surface area contributed by atoms with Crippen molar-refractivity contribution in [1.29, 1.82) is 0 Å².